The van der Waals surface area contributed by atoms with E-state index in [1.807, 2.05) is 13.1 Å². The quantitative estimate of drug-likeness (QED) is 0.602. The average Bonchev–Trinajstić information content (AvgIpc) is 3.46. The third-order valence-electron chi connectivity index (χ3n) is 5.39. The largest absolute Gasteiger partial charge is 0.478 e. The van der Waals surface area contributed by atoms with Crippen molar-refractivity contribution in [3.05, 3.63) is 36.2 Å². The number of aromatic nitrogens is 5. The van der Waals surface area contributed by atoms with Crippen LogP contribution >= 0.6 is 0 Å². The number of fused-ring (bicyclic) bond motifs is 1. The maximum Gasteiger partial charge on any atom is 0.277 e. The van der Waals surface area contributed by atoms with Gasteiger partial charge in [-0.25, -0.2) is 15.0 Å². The molecule has 0 unspecified atom stereocenters. The molecule has 30 heavy (non-hydrogen) atoms. The van der Waals surface area contributed by atoms with E-state index < -0.39 is 0 Å². The van der Waals surface area contributed by atoms with E-state index >= 15 is 0 Å². The minimum atomic E-state index is -0.380. The van der Waals surface area contributed by atoms with E-state index in [0.29, 0.717) is 23.3 Å². The smallest absolute Gasteiger partial charge is 0.277 e. The van der Waals surface area contributed by atoms with Gasteiger partial charge >= 0.3 is 0 Å². The number of carbonyl (C=O) groups is 1. The van der Waals surface area contributed by atoms with Gasteiger partial charge in [-0.15, -0.1) is 0 Å². The van der Waals surface area contributed by atoms with Crippen molar-refractivity contribution in [3.63, 3.8) is 0 Å². The normalized spacial score (nSPS) is 16.5. The summed E-state index contributed by atoms with van der Waals surface area (Å²) in [5, 5.41) is 6.31. The minimum Gasteiger partial charge on any atom is -0.478 e. The van der Waals surface area contributed by atoms with Gasteiger partial charge in [-0.05, 0) is 19.8 Å². The van der Waals surface area contributed by atoms with Gasteiger partial charge in [0.1, 0.15) is 11.5 Å². The van der Waals surface area contributed by atoms with Crippen molar-refractivity contribution < 1.29 is 9.53 Å². The number of carbonyl (C=O) groups excluding carboxylic acids is 1. The highest BCUT2D eigenvalue weighted by molar-refractivity contribution is 6.02. The highest BCUT2D eigenvalue weighted by Gasteiger charge is 2.30. The van der Waals surface area contributed by atoms with Gasteiger partial charge in [0, 0.05) is 37.8 Å². The third kappa shape index (κ3) is 3.78. The van der Waals surface area contributed by atoms with Crippen LogP contribution in [-0.4, -0.2) is 63.0 Å². The molecule has 2 N–H and O–H groups in total. The molecule has 2 fully saturated rings. The van der Waals surface area contributed by atoms with Crippen LogP contribution in [0.15, 0.2) is 24.8 Å². The molecule has 3 aromatic rings. The Kier molecular flexibility index (Phi) is 4.70. The lowest BCUT2D eigenvalue weighted by Crippen LogP contribution is -2.51. The summed E-state index contributed by atoms with van der Waals surface area (Å²) in [6.45, 7) is 4.88. The third-order valence-corrected chi connectivity index (χ3v) is 5.39. The van der Waals surface area contributed by atoms with Gasteiger partial charge in [-0.1, -0.05) is 0 Å². The van der Waals surface area contributed by atoms with E-state index in [0.717, 1.165) is 37.2 Å². The molecule has 2 aliphatic rings. The zero-order chi connectivity index (χ0) is 20.7. The van der Waals surface area contributed by atoms with E-state index in [1.165, 1.54) is 26.1 Å². The second kappa shape index (κ2) is 7.52. The van der Waals surface area contributed by atoms with E-state index in [2.05, 4.69) is 35.5 Å². The molecule has 1 aliphatic carbocycles. The summed E-state index contributed by atoms with van der Waals surface area (Å²) in [7, 11) is 1.52. The van der Waals surface area contributed by atoms with Crippen molar-refractivity contribution in [1.82, 2.24) is 29.7 Å². The second-order valence-electron chi connectivity index (χ2n) is 7.92. The minimum absolute atomic E-state index is 0.230. The zero-order valence-electron chi connectivity index (χ0n) is 17.0. The summed E-state index contributed by atoms with van der Waals surface area (Å²) in [6, 6.07) is 0.740. The summed E-state index contributed by atoms with van der Waals surface area (Å²) < 4.78 is 7.06. The first-order chi connectivity index (χ1) is 14.6. The van der Waals surface area contributed by atoms with Gasteiger partial charge in [0.25, 0.3) is 11.8 Å². The first-order valence-electron chi connectivity index (χ1n) is 10.1. The number of imidazole rings is 1. The molecule has 3 aromatic heterocycles. The number of ether oxygens (including phenoxy) is 1. The summed E-state index contributed by atoms with van der Waals surface area (Å²) in [5.41, 5.74) is 1.66. The lowest BCUT2D eigenvalue weighted by molar-refractivity contribution is 0.102. The Bertz CT molecular complexity index is 1070. The number of amides is 1. The van der Waals surface area contributed by atoms with Crippen LogP contribution in [0.3, 0.4) is 0 Å². The van der Waals surface area contributed by atoms with Crippen LogP contribution in [0.5, 0.6) is 5.88 Å². The average molecular weight is 408 g/mol. The molecular weight excluding hydrogens is 384 g/mol. The van der Waals surface area contributed by atoms with E-state index in [9.17, 15) is 4.79 Å². The maximum absolute atomic E-state index is 12.6. The maximum atomic E-state index is 12.6. The molecule has 156 valence electrons. The van der Waals surface area contributed by atoms with Crippen LogP contribution in [0.1, 0.15) is 29.0 Å². The van der Waals surface area contributed by atoms with Gasteiger partial charge in [0.05, 0.1) is 31.4 Å². The van der Waals surface area contributed by atoms with Crippen molar-refractivity contribution in [3.8, 4) is 5.88 Å². The molecule has 4 heterocycles. The first kappa shape index (κ1) is 18.7. The number of methoxy groups -OCH3 is 1. The summed E-state index contributed by atoms with van der Waals surface area (Å²) in [6.07, 6.45) is 9.29. The molecule has 0 radical (unpaired) electrons. The molecular formula is C20H24N8O2. The van der Waals surface area contributed by atoms with Gasteiger partial charge < -0.3 is 20.3 Å². The Morgan fingerprint density at radius 2 is 2.03 bits per heavy atom. The van der Waals surface area contributed by atoms with Crippen LogP contribution < -0.4 is 20.3 Å². The number of nitrogens with one attached hydrogen (secondary N) is 2. The summed E-state index contributed by atoms with van der Waals surface area (Å²) in [5.74, 6) is 1.75. The Morgan fingerprint density at radius 1 is 1.20 bits per heavy atom. The van der Waals surface area contributed by atoms with Gasteiger partial charge in [0.2, 0.25) is 5.65 Å². The molecule has 0 atom stereocenters. The van der Waals surface area contributed by atoms with Crippen molar-refractivity contribution in [2.75, 3.05) is 37.0 Å². The Labute approximate surface area is 173 Å². The zero-order valence-corrected chi connectivity index (χ0v) is 17.0. The fourth-order valence-electron chi connectivity index (χ4n) is 3.58. The molecule has 1 amide bonds. The molecule has 5 rings (SSSR count). The lowest BCUT2D eigenvalue weighted by Gasteiger charge is -2.40. The molecule has 10 heteroatoms. The molecule has 0 spiro atoms. The molecule has 1 saturated heterocycles. The highest BCUT2D eigenvalue weighted by Crippen LogP contribution is 2.24. The molecule has 0 bridgehead atoms. The monoisotopic (exact) mass is 408 g/mol. The molecule has 1 saturated carbocycles. The van der Waals surface area contributed by atoms with Crippen LogP contribution in [0.2, 0.25) is 0 Å². The number of hydrogen-bond acceptors (Lipinski definition) is 8. The lowest BCUT2D eigenvalue weighted by atomic mass is 10.0. The highest BCUT2D eigenvalue weighted by atomic mass is 16.5. The van der Waals surface area contributed by atoms with E-state index in [-0.39, 0.29) is 11.6 Å². The van der Waals surface area contributed by atoms with Crippen LogP contribution in [-0.2, 0) is 0 Å². The Hall–Kier alpha value is -3.27. The van der Waals surface area contributed by atoms with Gasteiger partial charge in [0.15, 0.2) is 5.82 Å². The molecule has 1 aliphatic heterocycles. The topological polar surface area (TPSA) is 110 Å². The van der Waals surface area contributed by atoms with Crippen molar-refractivity contribution in [2.45, 2.75) is 25.8 Å². The molecule has 0 aromatic carbocycles. The first-order valence-corrected chi connectivity index (χ1v) is 10.1. The van der Waals surface area contributed by atoms with Crippen molar-refractivity contribution in [2.24, 2.45) is 5.92 Å². The summed E-state index contributed by atoms with van der Waals surface area (Å²) in [4.78, 5) is 32.1. The number of hydrogen-bond donors (Lipinski definition) is 2. The predicted molar refractivity (Wildman–Crippen MR) is 111 cm³/mol. The number of nitrogens with zero attached hydrogens (tertiary/aromatic N) is 6. The second-order valence-corrected chi connectivity index (χ2v) is 7.92. The Balaban J connectivity index is 1.22. The summed E-state index contributed by atoms with van der Waals surface area (Å²) >= 11 is 0. The van der Waals surface area contributed by atoms with Crippen molar-refractivity contribution in [1.29, 1.82) is 0 Å². The van der Waals surface area contributed by atoms with Crippen molar-refractivity contribution >= 4 is 23.2 Å². The van der Waals surface area contributed by atoms with Crippen LogP contribution in [0, 0.1) is 12.8 Å². The van der Waals surface area contributed by atoms with E-state index in [4.69, 9.17) is 4.74 Å². The molecule has 10 nitrogen and oxygen atoms in total. The fourth-order valence-corrected chi connectivity index (χ4v) is 3.58. The van der Waals surface area contributed by atoms with Crippen LogP contribution in [0.25, 0.3) is 5.65 Å². The Morgan fingerprint density at radius 3 is 2.73 bits per heavy atom. The standard InChI is InChI=1S/C20H24N8O2/c1-12-8-28-11-16(26-20(30-2)18(28)24-12)25-19(29)15-6-23-17(7-22-15)27-9-13(10-27)5-21-14-3-4-14/h6-8,11,13-14,21H,3-5,9-10H2,1-2H3,(H,25,29). The SMILES string of the molecule is COc1nc(NC(=O)c2cnc(N3CC(CNC4CC4)C3)cn2)cn2cc(C)nc12. The predicted octanol–water partition coefficient (Wildman–Crippen LogP) is 1.28. The number of anilines is 2. The number of rotatable bonds is 7. The number of aryl methyl sites for hydroxylation is 1. The fraction of sp³-hybridized carbons (Fsp3) is 0.450. The van der Waals surface area contributed by atoms with Crippen LogP contribution in [0.4, 0.5) is 11.6 Å². The van der Waals surface area contributed by atoms with Gasteiger partial charge in [-0.2, -0.15) is 4.98 Å². The van der Waals surface area contributed by atoms with Gasteiger partial charge in [-0.3, -0.25) is 9.20 Å². The van der Waals surface area contributed by atoms with E-state index in [1.54, 1.807) is 16.8 Å².